The lowest BCUT2D eigenvalue weighted by Gasteiger charge is -2.14. The quantitative estimate of drug-likeness (QED) is 0.165. The molecule has 0 N–H and O–H groups in total. The monoisotopic (exact) mass is 814 g/mol. The van der Waals surface area contributed by atoms with Crippen LogP contribution in [0.2, 0.25) is 0 Å². The van der Waals surface area contributed by atoms with Crippen molar-refractivity contribution in [2.24, 2.45) is 0 Å². The third kappa shape index (κ3) is 4.88. The summed E-state index contributed by atoms with van der Waals surface area (Å²) in [7, 11) is 0. The molecule has 4 nitrogen and oxygen atoms in total. The zero-order valence-corrected chi connectivity index (χ0v) is 34.7. The van der Waals surface area contributed by atoms with Crippen LogP contribution in [-0.4, -0.2) is 18.3 Å². The van der Waals surface area contributed by atoms with E-state index in [-0.39, 0.29) is 0 Å². The molecule has 0 radical (unpaired) electrons. The van der Waals surface area contributed by atoms with Crippen LogP contribution in [0.15, 0.2) is 231 Å². The zero-order chi connectivity index (χ0) is 41.9. The number of rotatable bonds is 5. The Kier molecular flexibility index (Phi) is 7.36. The van der Waals surface area contributed by atoms with Gasteiger partial charge in [-0.05, 0) is 96.1 Å². The molecule has 0 fully saturated rings. The molecule has 0 aliphatic heterocycles. The predicted octanol–water partition coefficient (Wildman–Crippen LogP) is 15.7. The summed E-state index contributed by atoms with van der Waals surface area (Å²) in [4.78, 5) is 0. The van der Waals surface area contributed by atoms with Gasteiger partial charge in [-0.3, -0.25) is 0 Å². The molecular formula is C60H38N4. The van der Waals surface area contributed by atoms with Gasteiger partial charge in [-0.25, -0.2) is 0 Å². The van der Waals surface area contributed by atoms with Gasteiger partial charge in [0.15, 0.2) is 0 Å². The number of fused-ring (bicyclic) bond motifs is 12. The average molecular weight is 815 g/mol. The molecular weight excluding hydrogens is 777 g/mol. The maximum atomic E-state index is 2.47. The fraction of sp³-hybridized carbons (Fsp3) is 0. The summed E-state index contributed by atoms with van der Waals surface area (Å²) in [5.41, 5.74) is 16.5. The Labute approximate surface area is 368 Å². The smallest absolute Gasteiger partial charge is 0.0782 e. The molecule has 14 rings (SSSR count). The van der Waals surface area contributed by atoms with E-state index in [1.54, 1.807) is 0 Å². The first-order valence-electron chi connectivity index (χ1n) is 22.0. The number of aromatic nitrogens is 4. The first kappa shape index (κ1) is 35.0. The highest BCUT2D eigenvalue weighted by molar-refractivity contribution is 6.19. The van der Waals surface area contributed by atoms with Crippen LogP contribution in [0.3, 0.4) is 0 Å². The normalized spacial score (nSPS) is 12.1. The molecule has 0 saturated heterocycles. The van der Waals surface area contributed by atoms with Crippen molar-refractivity contribution in [1.82, 2.24) is 18.3 Å². The molecule has 4 heterocycles. The summed E-state index contributed by atoms with van der Waals surface area (Å²) in [5, 5.41) is 9.95. The lowest BCUT2D eigenvalue weighted by molar-refractivity contribution is 1.13. The predicted molar refractivity (Wildman–Crippen MR) is 269 cm³/mol. The van der Waals surface area contributed by atoms with E-state index < -0.39 is 0 Å². The lowest BCUT2D eigenvalue weighted by Crippen LogP contribution is -2.00. The van der Waals surface area contributed by atoms with E-state index in [0.717, 1.165) is 22.7 Å². The maximum absolute atomic E-state index is 2.47. The van der Waals surface area contributed by atoms with E-state index >= 15 is 0 Å². The summed E-state index contributed by atoms with van der Waals surface area (Å²) >= 11 is 0. The van der Waals surface area contributed by atoms with Gasteiger partial charge in [0.05, 0.1) is 49.8 Å². The molecule has 64 heavy (non-hydrogen) atoms. The second kappa shape index (κ2) is 13.4. The fourth-order valence-electron chi connectivity index (χ4n) is 10.9. The van der Waals surface area contributed by atoms with Crippen molar-refractivity contribution >= 4 is 87.2 Å². The number of hydrogen-bond acceptors (Lipinski definition) is 0. The van der Waals surface area contributed by atoms with Crippen molar-refractivity contribution in [3.63, 3.8) is 0 Å². The van der Waals surface area contributed by atoms with Crippen molar-refractivity contribution in [2.45, 2.75) is 0 Å². The van der Waals surface area contributed by atoms with Crippen molar-refractivity contribution in [2.75, 3.05) is 0 Å². The number of para-hydroxylation sites is 7. The number of benzene rings is 10. The third-order valence-corrected chi connectivity index (χ3v) is 13.5. The minimum Gasteiger partial charge on any atom is -0.309 e. The summed E-state index contributed by atoms with van der Waals surface area (Å²) in [6.45, 7) is 0. The Morgan fingerprint density at radius 2 is 0.672 bits per heavy atom. The molecule has 4 heteroatoms. The highest BCUT2D eigenvalue weighted by atomic mass is 15.1. The van der Waals surface area contributed by atoms with Gasteiger partial charge in [-0.2, -0.15) is 0 Å². The van der Waals surface area contributed by atoms with Gasteiger partial charge in [-0.1, -0.05) is 146 Å². The standard InChI is InChI=1S/C60H38N4/c1-2-18-40(19-3-1)63-57-33-15-26-43(59(57)49-27-16-34-58(60(49)63)64-54-31-12-6-23-46(54)47-24-7-13-32-55(47)64)39-17-14-20-41(37-39)61-53-30-11-8-25-48(53)50-38-42(35-36-56(50)61)62-51-28-9-4-21-44(51)45-22-5-10-29-52(45)62/h1-38H. The van der Waals surface area contributed by atoms with E-state index in [1.807, 2.05) is 0 Å². The van der Waals surface area contributed by atoms with E-state index in [9.17, 15) is 0 Å². The zero-order valence-electron chi connectivity index (χ0n) is 34.7. The third-order valence-electron chi connectivity index (χ3n) is 13.5. The van der Waals surface area contributed by atoms with Crippen LogP contribution in [0.4, 0.5) is 0 Å². The van der Waals surface area contributed by atoms with E-state index in [2.05, 4.69) is 249 Å². The largest absolute Gasteiger partial charge is 0.309 e. The van der Waals surface area contributed by atoms with Crippen LogP contribution < -0.4 is 0 Å². The molecule has 0 amide bonds. The first-order chi connectivity index (χ1) is 31.8. The molecule has 0 unspecified atom stereocenters. The van der Waals surface area contributed by atoms with Crippen molar-refractivity contribution in [1.29, 1.82) is 0 Å². The molecule has 4 aromatic heterocycles. The van der Waals surface area contributed by atoms with Crippen molar-refractivity contribution in [3.05, 3.63) is 231 Å². The molecule has 0 aliphatic rings. The summed E-state index contributed by atoms with van der Waals surface area (Å²) < 4.78 is 9.78. The van der Waals surface area contributed by atoms with Gasteiger partial charge in [0.1, 0.15) is 0 Å². The summed E-state index contributed by atoms with van der Waals surface area (Å²) in [6, 6.07) is 84.5. The van der Waals surface area contributed by atoms with Crippen molar-refractivity contribution in [3.8, 4) is 33.9 Å². The van der Waals surface area contributed by atoms with Crippen LogP contribution in [-0.2, 0) is 0 Å². The lowest BCUT2D eigenvalue weighted by atomic mass is 9.98. The molecule has 14 aromatic rings. The van der Waals surface area contributed by atoms with Gasteiger partial charge in [0, 0.05) is 60.2 Å². The molecule has 0 spiro atoms. The molecule has 298 valence electrons. The highest BCUT2D eigenvalue weighted by Gasteiger charge is 2.23. The molecule has 0 bridgehead atoms. The Morgan fingerprint density at radius 3 is 1.28 bits per heavy atom. The van der Waals surface area contributed by atoms with Crippen LogP contribution in [0.1, 0.15) is 0 Å². The molecule has 0 saturated carbocycles. The highest BCUT2D eigenvalue weighted by Crippen LogP contribution is 2.44. The number of hydrogen-bond donors (Lipinski definition) is 0. The minimum absolute atomic E-state index is 1.13. The average Bonchev–Trinajstić information content (AvgIpc) is 4.09. The maximum Gasteiger partial charge on any atom is 0.0782 e. The SMILES string of the molecule is c1ccc(-n2c3cccc(-c4cccc(-n5c6ccccc6c6cc(-n7c8ccccc8c8ccccc87)ccc65)c4)c3c3cccc(-n4c5ccccc5c5ccccc54)c32)cc1. The van der Waals surface area contributed by atoms with Gasteiger partial charge >= 0.3 is 0 Å². The van der Waals surface area contributed by atoms with Crippen LogP contribution in [0, 0.1) is 0 Å². The second-order valence-corrected chi connectivity index (χ2v) is 16.9. The Morgan fingerprint density at radius 1 is 0.234 bits per heavy atom. The van der Waals surface area contributed by atoms with E-state index in [4.69, 9.17) is 0 Å². The van der Waals surface area contributed by atoms with Crippen LogP contribution >= 0.6 is 0 Å². The topological polar surface area (TPSA) is 19.7 Å². The summed E-state index contributed by atoms with van der Waals surface area (Å²) in [6.07, 6.45) is 0. The molecule has 0 atom stereocenters. The number of nitrogens with zero attached hydrogens (tertiary/aromatic N) is 4. The van der Waals surface area contributed by atoms with Crippen molar-refractivity contribution < 1.29 is 0 Å². The minimum atomic E-state index is 1.13. The van der Waals surface area contributed by atoms with E-state index in [0.29, 0.717) is 0 Å². The second-order valence-electron chi connectivity index (χ2n) is 16.9. The van der Waals surface area contributed by atoms with Crippen LogP contribution in [0.25, 0.3) is 121 Å². The Bertz CT molecular complexity index is 4090. The fourth-order valence-corrected chi connectivity index (χ4v) is 10.9. The first-order valence-corrected chi connectivity index (χ1v) is 22.0. The van der Waals surface area contributed by atoms with Crippen LogP contribution in [0.5, 0.6) is 0 Å². The summed E-state index contributed by atoms with van der Waals surface area (Å²) in [5.74, 6) is 0. The van der Waals surface area contributed by atoms with Gasteiger partial charge in [0.2, 0.25) is 0 Å². The Hall–Kier alpha value is -8.60. The van der Waals surface area contributed by atoms with Gasteiger partial charge in [-0.15, -0.1) is 0 Å². The van der Waals surface area contributed by atoms with E-state index in [1.165, 1.54) is 98.4 Å². The Balaban J connectivity index is 0.999. The van der Waals surface area contributed by atoms with Gasteiger partial charge < -0.3 is 18.3 Å². The molecule has 10 aromatic carbocycles. The molecule has 0 aliphatic carbocycles. The van der Waals surface area contributed by atoms with Gasteiger partial charge in [0.25, 0.3) is 0 Å².